The molecule has 3 aromatic rings. The van der Waals surface area contributed by atoms with Gasteiger partial charge in [-0.05, 0) is 19.4 Å². The highest BCUT2D eigenvalue weighted by Crippen LogP contribution is 2.29. The van der Waals surface area contributed by atoms with E-state index in [1.807, 2.05) is 18.2 Å². The lowest BCUT2D eigenvalue weighted by molar-refractivity contribution is 0.101. The minimum Gasteiger partial charge on any atom is -0.295 e. The number of hydrogen-bond acceptors (Lipinski definition) is 5. The van der Waals surface area contributed by atoms with Crippen LogP contribution in [-0.4, -0.2) is 20.3 Å². The fraction of sp³-hybridized carbons (Fsp3) is 0.250. The van der Waals surface area contributed by atoms with Gasteiger partial charge in [0, 0.05) is 24.1 Å². The Morgan fingerprint density at radius 2 is 2.18 bits per heavy atom. The van der Waals surface area contributed by atoms with Crippen molar-refractivity contribution < 1.29 is 4.79 Å². The van der Waals surface area contributed by atoms with E-state index in [4.69, 9.17) is 0 Å². The third kappa shape index (κ3) is 1.99. The molecule has 0 saturated heterocycles. The van der Waals surface area contributed by atoms with Gasteiger partial charge in [-0.3, -0.25) is 14.2 Å². The highest BCUT2D eigenvalue weighted by molar-refractivity contribution is 7.21. The zero-order valence-corrected chi connectivity index (χ0v) is 12.8. The third-order valence-electron chi connectivity index (χ3n) is 3.90. The second-order valence-electron chi connectivity index (χ2n) is 5.40. The number of hydrogen-bond donors (Lipinski definition) is 0. The van der Waals surface area contributed by atoms with E-state index in [1.54, 1.807) is 10.6 Å². The number of fused-ring (bicyclic) bond motifs is 2. The molecule has 0 unspecified atom stereocenters. The Hall–Kier alpha value is -2.34. The summed E-state index contributed by atoms with van der Waals surface area (Å²) >= 11 is 1.40. The number of carbonyl (C=O) groups excluding carboxylic acids is 1. The van der Waals surface area contributed by atoms with Crippen LogP contribution in [0.5, 0.6) is 0 Å². The number of benzene rings is 1. The summed E-state index contributed by atoms with van der Waals surface area (Å²) in [7, 11) is 0. The fourth-order valence-electron chi connectivity index (χ4n) is 2.76. The second kappa shape index (κ2) is 4.84. The summed E-state index contributed by atoms with van der Waals surface area (Å²) in [4.78, 5) is 33.7. The van der Waals surface area contributed by atoms with Crippen LogP contribution < -0.4 is 5.56 Å². The molecular formula is C16H13N3O2S. The highest BCUT2D eigenvalue weighted by Gasteiger charge is 2.19. The molecule has 1 aliphatic rings. The van der Waals surface area contributed by atoms with Gasteiger partial charge in [0.25, 0.3) is 5.56 Å². The molecule has 3 heterocycles. The normalized spacial score (nSPS) is 13.5. The molecule has 0 amide bonds. The van der Waals surface area contributed by atoms with Crippen molar-refractivity contribution in [2.75, 3.05) is 0 Å². The topological polar surface area (TPSA) is 64.8 Å². The van der Waals surface area contributed by atoms with Gasteiger partial charge < -0.3 is 0 Å². The van der Waals surface area contributed by atoms with E-state index in [9.17, 15) is 9.59 Å². The molecule has 0 saturated carbocycles. The van der Waals surface area contributed by atoms with E-state index in [0.717, 1.165) is 35.8 Å². The van der Waals surface area contributed by atoms with Gasteiger partial charge in [-0.25, -0.2) is 9.97 Å². The van der Waals surface area contributed by atoms with E-state index >= 15 is 0 Å². The molecule has 0 radical (unpaired) electrons. The molecule has 110 valence electrons. The average Bonchev–Trinajstić information content (AvgIpc) is 3.14. The molecule has 0 fully saturated rings. The largest absolute Gasteiger partial charge is 0.295 e. The molecular weight excluding hydrogens is 298 g/mol. The maximum absolute atomic E-state index is 12.5. The average molecular weight is 311 g/mol. The van der Waals surface area contributed by atoms with E-state index in [1.165, 1.54) is 18.3 Å². The number of thiazole rings is 1. The minimum absolute atomic E-state index is 0.0140. The Labute approximate surface area is 130 Å². The Morgan fingerprint density at radius 1 is 1.32 bits per heavy atom. The number of ketones is 1. The van der Waals surface area contributed by atoms with Crippen LogP contribution in [0, 0.1) is 0 Å². The number of carbonyl (C=O) groups is 1. The fourth-order valence-corrected chi connectivity index (χ4v) is 3.71. The molecule has 6 heteroatoms. The summed E-state index contributed by atoms with van der Waals surface area (Å²) in [5.74, 6) is 0.866. The van der Waals surface area contributed by atoms with Gasteiger partial charge >= 0.3 is 0 Å². The van der Waals surface area contributed by atoms with E-state index < -0.39 is 0 Å². The molecule has 0 spiro atoms. The summed E-state index contributed by atoms with van der Waals surface area (Å²) in [5, 5.41) is 0.729. The van der Waals surface area contributed by atoms with Gasteiger partial charge in [0.2, 0.25) is 0 Å². The van der Waals surface area contributed by atoms with Crippen LogP contribution in [0.15, 0.2) is 29.1 Å². The Kier molecular flexibility index (Phi) is 2.94. The lowest BCUT2D eigenvalue weighted by Crippen LogP contribution is -2.20. The standard InChI is InChI=1S/C16H13N3O2S/c1-9(20)10-4-2-5-11(8-10)14-18-13-15(22-14)17-12-6-3-7-19(12)16(13)21/h2,4-5,8H,3,6-7H2,1H3. The van der Waals surface area contributed by atoms with Gasteiger partial charge in [-0.1, -0.05) is 29.5 Å². The first-order valence-electron chi connectivity index (χ1n) is 7.15. The Balaban J connectivity index is 1.91. The van der Waals surface area contributed by atoms with Crippen LogP contribution >= 0.6 is 11.3 Å². The van der Waals surface area contributed by atoms with E-state index in [-0.39, 0.29) is 11.3 Å². The zero-order chi connectivity index (χ0) is 15.3. The number of aromatic nitrogens is 3. The van der Waals surface area contributed by atoms with Crippen LogP contribution in [0.2, 0.25) is 0 Å². The molecule has 0 aliphatic carbocycles. The number of aryl methyl sites for hydroxylation is 1. The molecule has 22 heavy (non-hydrogen) atoms. The molecule has 0 bridgehead atoms. The molecule has 1 aromatic carbocycles. The van der Waals surface area contributed by atoms with Crippen molar-refractivity contribution >= 4 is 27.5 Å². The molecule has 2 aromatic heterocycles. The zero-order valence-electron chi connectivity index (χ0n) is 12.0. The SMILES string of the molecule is CC(=O)c1cccc(-c2nc3c(=O)n4c(nc3s2)CCC4)c1. The Bertz CT molecular complexity index is 971. The van der Waals surface area contributed by atoms with Crippen molar-refractivity contribution in [1.82, 2.24) is 14.5 Å². The summed E-state index contributed by atoms with van der Waals surface area (Å²) in [5.41, 5.74) is 1.87. The number of nitrogens with zero attached hydrogens (tertiary/aromatic N) is 3. The predicted molar refractivity (Wildman–Crippen MR) is 85.4 cm³/mol. The first-order chi connectivity index (χ1) is 10.6. The monoisotopic (exact) mass is 311 g/mol. The molecule has 0 N–H and O–H groups in total. The smallest absolute Gasteiger partial charge is 0.280 e. The maximum atomic E-state index is 12.5. The van der Waals surface area contributed by atoms with Crippen molar-refractivity contribution in [3.05, 3.63) is 46.0 Å². The summed E-state index contributed by atoms with van der Waals surface area (Å²) < 4.78 is 1.72. The van der Waals surface area contributed by atoms with Crippen molar-refractivity contribution in [2.45, 2.75) is 26.3 Å². The Morgan fingerprint density at radius 3 is 3.00 bits per heavy atom. The van der Waals surface area contributed by atoms with Gasteiger partial charge in [-0.15, -0.1) is 0 Å². The van der Waals surface area contributed by atoms with E-state index in [2.05, 4.69) is 9.97 Å². The molecule has 0 atom stereocenters. The van der Waals surface area contributed by atoms with Crippen molar-refractivity contribution in [1.29, 1.82) is 0 Å². The summed E-state index contributed by atoms with van der Waals surface area (Å²) in [6, 6.07) is 7.32. The van der Waals surface area contributed by atoms with Crippen LogP contribution in [0.1, 0.15) is 29.5 Å². The molecule has 4 rings (SSSR count). The maximum Gasteiger partial charge on any atom is 0.280 e. The van der Waals surface area contributed by atoms with Crippen LogP contribution in [-0.2, 0) is 13.0 Å². The minimum atomic E-state index is -0.0530. The summed E-state index contributed by atoms with van der Waals surface area (Å²) in [6.07, 6.45) is 1.81. The van der Waals surface area contributed by atoms with Crippen molar-refractivity contribution in [3.63, 3.8) is 0 Å². The van der Waals surface area contributed by atoms with Crippen molar-refractivity contribution in [3.8, 4) is 10.6 Å². The van der Waals surface area contributed by atoms with Gasteiger partial charge in [-0.2, -0.15) is 0 Å². The lowest BCUT2D eigenvalue weighted by Gasteiger charge is -1.99. The summed E-state index contributed by atoms with van der Waals surface area (Å²) in [6.45, 7) is 2.26. The highest BCUT2D eigenvalue weighted by atomic mass is 32.1. The van der Waals surface area contributed by atoms with Gasteiger partial charge in [0.15, 0.2) is 16.1 Å². The lowest BCUT2D eigenvalue weighted by atomic mass is 10.1. The van der Waals surface area contributed by atoms with Gasteiger partial charge in [0.05, 0.1) is 0 Å². The van der Waals surface area contributed by atoms with Crippen LogP contribution in [0.25, 0.3) is 20.9 Å². The predicted octanol–water partition coefficient (Wildman–Crippen LogP) is 2.67. The van der Waals surface area contributed by atoms with Crippen molar-refractivity contribution in [2.24, 2.45) is 0 Å². The molecule has 5 nitrogen and oxygen atoms in total. The number of Topliss-reactive ketones (excluding diaryl/α,β-unsaturated/α-hetero) is 1. The van der Waals surface area contributed by atoms with Crippen LogP contribution in [0.4, 0.5) is 0 Å². The van der Waals surface area contributed by atoms with E-state index in [0.29, 0.717) is 15.9 Å². The van der Waals surface area contributed by atoms with Crippen LogP contribution in [0.3, 0.4) is 0 Å². The first-order valence-corrected chi connectivity index (χ1v) is 7.97. The third-order valence-corrected chi connectivity index (χ3v) is 4.90. The second-order valence-corrected chi connectivity index (χ2v) is 6.38. The quantitative estimate of drug-likeness (QED) is 0.683. The first kappa shape index (κ1) is 13.3. The molecule has 1 aliphatic heterocycles. The van der Waals surface area contributed by atoms with Gasteiger partial charge in [0.1, 0.15) is 10.8 Å². The number of rotatable bonds is 2.